The van der Waals surface area contributed by atoms with E-state index in [2.05, 4.69) is 31.2 Å². The molecule has 1 heterocycles. The van der Waals surface area contributed by atoms with Gasteiger partial charge in [0.1, 0.15) is 0 Å². The minimum Gasteiger partial charge on any atom is -0.388 e. The summed E-state index contributed by atoms with van der Waals surface area (Å²) in [5, 5.41) is 10.5. The highest BCUT2D eigenvalue weighted by molar-refractivity contribution is 5.83. The van der Waals surface area contributed by atoms with Crippen molar-refractivity contribution in [3.8, 4) is 0 Å². The summed E-state index contributed by atoms with van der Waals surface area (Å²) in [4.78, 5) is 13.9. The average Bonchev–Trinajstić information content (AvgIpc) is 3.13. The zero-order chi connectivity index (χ0) is 16.9. The predicted molar refractivity (Wildman–Crippen MR) is 96.6 cm³/mol. The fourth-order valence-electron chi connectivity index (χ4n) is 4.20. The van der Waals surface area contributed by atoms with Gasteiger partial charge in [0.15, 0.2) is 0 Å². The summed E-state index contributed by atoms with van der Waals surface area (Å²) in [5.41, 5.74) is 2.25. The summed E-state index contributed by atoms with van der Waals surface area (Å²) in [6, 6.07) is 8.61. The number of nitrogens with zero attached hydrogens (tertiary/aromatic N) is 1. The minimum absolute atomic E-state index is 0.247. The van der Waals surface area contributed by atoms with Crippen molar-refractivity contribution in [3.63, 3.8) is 0 Å². The molecule has 132 valence electrons. The summed E-state index contributed by atoms with van der Waals surface area (Å²) < 4.78 is 0. The summed E-state index contributed by atoms with van der Waals surface area (Å²) in [5.74, 6) is 0.711. The SMILES string of the molecule is CCCCCCN1C(=O)C[C@@H]1c1ccc(C(O)C2CCCC2)cc1. The zero-order valence-corrected chi connectivity index (χ0v) is 14.9. The van der Waals surface area contributed by atoms with Gasteiger partial charge in [0.25, 0.3) is 0 Å². The summed E-state index contributed by atoms with van der Waals surface area (Å²) in [7, 11) is 0. The number of unbranched alkanes of at least 4 members (excludes halogenated alkanes) is 3. The van der Waals surface area contributed by atoms with E-state index >= 15 is 0 Å². The topological polar surface area (TPSA) is 40.5 Å². The number of carbonyl (C=O) groups is 1. The maximum Gasteiger partial charge on any atom is 0.225 e. The first-order valence-corrected chi connectivity index (χ1v) is 9.78. The van der Waals surface area contributed by atoms with E-state index in [-0.39, 0.29) is 18.1 Å². The molecule has 1 saturated carbocycles. The summed E-state index contributed by atoms with van der Waals surface area (Å²) in [6.45, 7) is 3.09. The van der Waals surface area contributed by atoms with Gasteiger partial charge in [-0.25, -0.2) is 0 Å². The lowest BCUT2D eigenvalue weighted by atomic mass is 9.90. The van der Waals surface area contributed by atoms with Gasteiger partial charge in [-0.3, -0.25) is 4.79 Å². The molecule has 1 aliphatic carbocycles. The summed E-state index contributed by atoms with van der Waals surface area (Å²) >= 11 is 0. The van der Waals surface area contributed by atoms with Crippen LogP contribution in [-0.2, 0) is 4.79 Å². The molecular formula is C21H31NO2. The van der Waals surface area contributed by atoms with Gasteiger partial charge in [0.05, 0.1) is 18.6 Å². The van der Waals surface area contributed by atoms with Gasteiger partial charge in [0, 0.05) is 6.54 Å². The number of β-lactam (4-membered cyclic amide) rings is 1. The lowest BCUT2D eigenvalue weighted by Crippen LogP contribution is -2.46. The molecule has 1 N–H and O–H groups in total. The Morgan fingerprint density at radius 2 is 1.83 bits per heavy atom. The van der Waals surface area contributed by atoms with Gasteiger partial charge in [-0.05, 0) is 36.3 Å². The molecule has 0 aromatic heterocycles. The molecule has 0 radical (unpaired) electrons. The number of rotatable bonds is 8. The number of amides is 1. The standard InChI is InChI=1S/C21H31NO2/c1-2-3-4-7-14-22-19(15-20(22)23)16-10-12-18(13-11-16)21(24)17-8-5-6-9-17/h10-13,17,19,21,24H,2-9,14-15H2,1H3/t19-,21?/m1/s1. The highest BCUT2D eigenvalue weighted by atomic mass is 16.3. The molecule has 2 atom stereocenters. The lowest BCUT2D eigenvalue weighted by Gasteiger charge is -2.41. The number of aliphatic hydroxyl groups is 1. The predicted octanol–water partition coefficient (Wildman–Crippen LogP) is 4.76. The third-order valence-corrected chi connectivity index (χ3v) is 5.83. The molecule has 0 bridgehead atoms. The normalized spacial score (nSPS) is 22.7. The molecular weight excluding hydrogens is 298 g/mol. The van der Waals surface area contributed by atoms with E-state index in [1.807, 2.05) is 4.90 Å². The maximum absolute atomic E-state index is 11.9. The maximum atomic E-state index is 11.9. The van der Waals surface area contributed by atoms with Gasteiger partial charge in [-0.2, -0.15) is 0 Å². The van der Waals surface area contributed by atoms with Gasteiger partial charge in [-0.1, -0.05) is 63.3 Å². The fourth-order valence-corrected chi connectivity index (χ4v) is 4.20. The van der Waals surface area contributed by atoms with Crippen LogP contribution in [-0.4, -0.2) is 22.5 Å². The molecule has 1 saturated heterocycles. The molecule has 1 unspecified atom stereocenters. The van der Waals surface area contributed by atoms with Crippen molar-refractivity contribution in [2.24, 2.45) is 5.92 Å². The first-order valence-electron chi connectivity index (χ1n) is 9.78. The third-order valence-electron chi connectivity index (χ3n) is 5.83. The molecule has 3 rings (SSSR count). The van der Waals surface area contributed by atoms with Gasteiger partial charge in [-0.15, -0.1) is 0 Å². The molecule has 1 aromatic carbocycles. The molecule has 0 spiro atoms. The van der Waals surface area contributed by atoms with Crippen molar-refractivity contribution < 1.29 is 9.90 Å². The Kier molecular flexibility index (Phi) is 5.94. The van der Waals surface area contributed by atoms with E-state index in [4.69, 9.17) is 0 Å². The van der Waals surface area contributed by atoms with Crippen LogP contribution in [0, 0.1) is 5.92 Å². The Balaban J connectivity index is 1.57. The van der Waals surface area contributed by atoms with Crippen LogP contribution < -0.4 is 0 Å². The molecule has 2 fully saturated rings. The Morgan fingerprint density at radius 3 is 2.46 bits per heavy atom. The first kappa shape index (κ1) is 17.5. The highest BCUT2D eigenvalue weighted by Gasteiger charge is 2.36. The van der Waals surface area contributed by atoms with Crippen LogP contribution >= 0.6 is 0 Å². The quantitative estimate of drug-likeness (QED) is 0.551. The Bertz CT molecular complexity index is 533. The lowest BCUT2D eigenvalue weighted by molar-refractivity contribution is -0.146. The summed E-state index contributed by atoms with van der Waals surface area (Å²) in [6.07, 6.45) is 9.88. The second-order valence-corrected chi connectivity index (χ2v) is 7.52. The van der Waals surface area contributed by atoms with Crippen LogP contribution in [0.1, 0.15) is 88.0 Å². The van der Waals surface area contributed by atoms with Crippen LogP contribution in [0.5, 0.6) is 0 Å². The molecule has 1 aromatic rings. The van der Waals surface area contributed by atoms with Crippen molar-refractivity contribution in [3.05, 3.63) is 35.4 Å². The van der Waals surface area contributed by atoms with Crippen LogP contribution in [0.15, 0.2) is 24.3 Å². The Morgan fingerprint density at radius 1 is 1.12 bits per heavy atom. The number of hydrogen-bond acceptors (Lipinski definition) is 2. The molecule has 3 heteroatoms. The minimum atomic E-state index is -0.324. The molecule has 24 heavy (non-hydrogen) atoms. The number of carbonyl (C=O) groups excluding carboxylic acids is 1. The highest BCUT2D eigenvalue weighted by Crippen LogP contribution is 2.38. The van der Waals surface area contributed by atoms with Crippen LogP contribution in [0.4, 0.5) is 0 Å². The van der Waals surface area contributed by atoms with Gasteiger partial charge < -0.3 is 10.0 Å². The van der Waals surface area contributed by atoms with Crippen LogP contribution in [0.2, 0.25) is 0 Å². The van der Waals surface area contributed by atoms with Crippen molar-refractivity contribution in [2.75, 3.05) is 6.54 Å². The fraction of sp³-hybridized carbons (Fsp3) is 0.667. The molecule has 3 nitrogen and oxygen atoms in total. The Labute approximate surface area is 146 Å². The van der Waals surface area contributed by atoms with E-state index in [0.717, 1.165) is 31.4 Å². The van der Waals surface area contributed by atoms with Crippen molar-refractivity contribution >= 4 is 5.91 Å². The largest absolute Gasteiger partial charge is 0.388 e. The molecule has 2 aliphatic rings. The first-order chi connectivity index (χ1) is 11.7. The van der Waals surface area contributed by atoms with Crippen molar-refractivity contribution in [2.45, 2.75) is 76.9 Å². The van der Waals surface area contributed by atoms with E-state index < -0.39 is 0 Å². The third kappa shape index (κ3) is 3.83. The monoisotopic (exact) mass is 329 g/mol. The average molecular weight is 329 g/mol. The number of likely N-dealkylation sites (tertiary alicyclic amines) is 1. The number of hydrogen-bond donors (Lipinski definition) is 1. The smallest absolute Gasteiger partial charge is 0.225 e. The number of benzene rings is 1. The Hall–Kier alpha value is -1.35. The van der Waals surface area contributed by atoms with Crippen LogP contribution in [0.3, 0.4) is 0 Å². The van der Waals surface area contributed by atoms with E-state index in [1.165, 1.54) is 37.7 Å². The zero-order valence-electron chi connectivity index (χ0n) is 14.9. The number of aliphatic hydroxyl groups excluding tert-OH is 1. The van der Waals surface area contributed by atoms with Crippen molar-refractivity contribution in [1.82, 2.24) is 4.90 Å². The van der Waals surface area contributed by atoms with E-state index in [1.54, 1.807) is 0 Å². The molecule has 1 amide bonds. The van der Waals surface area contributed by atoms with E-state index in [0.29, 0.717) is 12.3 Å². The second-order valence-electron chi connectivity index (χ2n) is 7.52. The van der Waals surface area contributed by atoms with Crippen molar-refractivity contribution in [1.29, 1.82) is 0 Å². The second kappa shape index (κ2) is 8.15. The van der Waals surface area contributed by atoms with Gasteiger partial charge >= 0.3 is 0 Å². The molecule has 1 aliphatic heterocycles. The van der Waals surface area contributed by atoms with Gasteiger partial charge in [0.2, 0.25) is 5.91 Å². The van der Waals surface area contributed by atoms with Crippen LogP contribution in [0.25, 0.3) is 0 Å². The van der Waals surface area contributed by atoms with E-state index in [9.17, 15) is 9.90 Å².